The fraction of sp³-hybridized carbons (Fsp3) is 0.400. The van der Waals surface area contributed by atoms with Gasteiger partial charge < -0.3 is 5.32 Å². The molecule has 7 heteroatoms. The largest absolute Gasteiger partial charge is 0.349 e. The van der Waals surface area contributed by atoms with Gasteiger partial charge >= 0.3 is 0 Å². The van der Waals surface area contributed by atoms with Gasteiger partial charge in [-0.1, -0.05) is 12.1 Å². The summed E-state index contributed by atoms with van der Waals surface area (Å²) in [5, 5.41) is 3.12. The molecular formula is C20H24FN5O. The van der Waals surface area contributed by atoms with Crippen LogP contribution in [-0.4, -0.2) is 41.1 Å². The quantitative estimate of drug-likeness (QED) is 0.769. The van der Waals surface area contributed by atoms with E-state index in [0.717, 1.165) is 37.9 Å². The lowest BCUT2D eigenvalue weighted by atomic mass is 10.0. The van der Waals surface area contributed by atoms with Crippen molar-refractivity contribution in [1.82, 2.24) is 26.1 Å². The molecule has 2 aliphatic heterocycles. The third-order valence-electron chi connectivity index (χ3n) is 5.40. The molecule has 2 saturated heterocycles. The number of piperidine rings is 1. The molecule has 2 aliphatic rings. The highest BCUT2D eigenvalue weighted by Gasteiger charge is 2.32. The highest BCUT2D eigenvalue weighted by atomic mass is 19.1. The number of carbonyl (C=O) groups is 1. The van der Waals surface area contributed by atoms with Gasteiger partial charge in [-0.2, -0.15) is 0 Å². The maximum absolute atomic E-state index is 13.1. The Morgan fingerprint density at radius 2 is 1.78 bits per heavy atom. The van der Waals surface area contributed by atoms with E-state index in [1.165, 1.54) is 12.1 Å². The minimum Gasteiger partial charge on any atom is -0.349 e. The van der Waals surface area contributed by atoms with Crippen LogP contribution in [0.5, 0.6) is 0 Å². The lowest BCUT2D eigenvalue weighted by Gasteiger charge is -2.35. The first kappa shape index (κ1) is 18.0. The molecule has 2 aromatic rings. The van der Waals surface area contributed by atoms with E-state index in [1.807, 2.05) is 12.1 Å². The van der Waals surface area contributed by atoms with Gasteiger partial charge in [-0.3, -0.25) is 14.7 Å². The van der Waals surface area contributed by atoms with Crippen LogP contribution in [0, 0.1) is 5.82 Å². The zero-order valence-electron chi connectivity index (χ0n) is 15.1. The number of halogens is 1. The summed E-state index contributed by atoms with van der Waals surface area (Å²) in [5.74, 6) is -0.245. The Labute approximate surface area is 158 Å². The summed E-state index contributed by atoms with van der Waals surface area (Å²) in [4.78, 5) is 18.6. The molecule has 2 fully saturated rings. The molecule has 1 aromatic carbocycles. The van der Waals surface area contributed by atoms with Gasteiger partial charge in [0.2, 0.25) is 0 Å². The smallest absolute Gasteiger partial charge is 0.251 e. The molecule has 3 heterocycles. The minimum absolute atomic E-state index is 0.0344. The van der Waals surface area contributed by atoms with E-state index in [4.69, 9.17) is 0 Å². The number of aromatic nitrogens is 1. The topological polar surface area (TPSA) is 69.3 Å². The van der Waals surface area contributed by atoms with Gasteiger partial charge in [-0.25, -0.2) is 15.2 Å². The predicted molar refractivity (Wildman–Crippen MR) is 100 cm³/mol. The second kappa shape index (κ2) is 8.12. The molecular weight excluding hydrogens is 345 g/mol. The van der Waals surface area contributed by atoms with Crippen molar-refractivity contribution in [2.45, 2.75) is 37.5 Å². The number of hydrogen-bond donors (Lipinski definition) is 3. The van der Waals surface area contributed by atoms with Crippen LogP contribution in [0.3, 0.4) is 0 Å². The second-order valence-corrected chi connectivity index (χ2v) is 7.16. The summed E-state index contributed by atoms with van der Waals surface area (Å²) < 4.78 is 13.1. The Balaban J connectivity index is 1.26. The summed E-state index contributed by atoms with van der Waals surface area (Å²) in [6.07, 6.45) is 6.30. The number of pyridine rings is 1. The molecule has 2 unspecified atom stereocenters. The summed E-state index contributed by atoms with van der Waals surface area (Å²) in [5.41, 5.74) is 8.41. The van der Waals surface area contributed by atoms with Crippen LogP contribution in [0.25, 0.3) is 0 Å². The van der Waals surface area contributed by atoms with Gasteiger partial charge in [0.15, 0.2) is 0 Å². The molecule has 0 radical (unpaired) electrons. The Hall–Kier alpha value is -2.35. The molecule has 2 atom stereocenters. The molecule has 4 rings (SSSR count). The average Bonchev–Trinajstić information content (AvgIpc) is 3.20. The molecule has 0 bridgehead atoms. The van der Waals surface area contributed by atoms with Crippen molar-refractivity contribution in [3.63, 3.8) is 0 Å². The Morgan fingerprint density at radius 1 is 1.07 bits per heavy atom. The number of nitrogens with zero attached hydrogens (tertiary/aromatic N) is 2. The maximum Gasteiger partial charge on any atom is 0.251 e. The lowest BCUT2D eigenvalue weighted by Crippen LogP contribution is -2.51. The standard InChI is InChI=1S/C20H24FN5O/c21-16-3-1-14(2-4-16)18-13-19(25-24-18)26-11-7-17(8-12-26)23-20(27)15-5-9-22-10-6-15/h1-6,9-10,17-19,24-25H,7-8,11-13H2,(H,23,27). The van der Waals surface area contributed by atoms with E-state index in [2.05, 4.69) is 26.1 Å². The third kappa shape index (κ3) is 4.32. The monoisotopic (exact) mass is 369 g/mol. The highest BCUT2D eigenvalue weighted by molar-refractivity contribution is 5.94. The average molecular weight is 369 g/mol. The predicted octanol–water partition coefficient (Wildman–Crippen LogP) is 1.98. The van der Waals surface area contributed by atoms with E-state index in [-0.39, 0.29) is 30.0 Å². The number of benzene rings is 1. The van der Waals surface area contributed by atoms with Crippen LogP contribution in [0.1, 0.15) is 41.2 Å². The molecule has 1 amide bonds. The van der Waals surface area contributed by atoms with Crippen molar-refractivity contribution in [3.05, 3.63) is 65.7 Å². The normalized spacial score (nSPS) is 24.0. The van der Waals surface area contributed by atoms with E-state index < -0.39 is 0 Å². The fourth-order valence-electron chi connectivity index (χ4n) is 3.82. The van der Waals surface area contributed by atoms with Crippen LogP contribution in [0.15, 0.2) is 48.8 Å². The molecule has 6 nitrogen and oxygen atoms in total. The van der Waals surface area contributed by atoms with Crippen LogP contribution >= 0.6 is 0 Å². The van der Waals surface area contributed by atoms with Gasteiger partial charge in [0, 0.05) is 43.1 Å². The van der Waals surface area contributed by atoms with Crippen molar-refractivity contribution < 1.29 is 9.18 Å². The van der Waals surface area contributed by atoms with Crippen LogP contribution < -0.4 is 16.2 Å². The first-order valence-corrected chi connectivity index (χ1v) is 9.40. The van der Waals surface area contributed by atoms with Crippen molar-refractivity contribution in [1.29, 1.82) is 0 Å². The summed E-state index contributed by atoms with van der Waals surface area (Å²) in [6, 6.07) is 10.5. The zero-order valence-corrected chi connectivity index (χ0v) is 15.1. The van der Waals surface area contributed by atoms with Crippen LogP contribution in [0.4, 0.5) is 4.39 Å². The SMILES string of the molecule is O=C(NC1CCN(C2CC(c3ccc(F)cc3)NN2)CC1)c1ccncc1. The number of amides is 1. The molecule has 142 valence electrons. The summed E-state index contributed by atoms with van der Waals surface area (Å²) in [7, 11) is 0. The first-order chi connectivity index (χ1) is 13.2. The number of nitrogens with one attached hydrogen (secondary N) is 3. The minimum atomic E-state index is -0.211. The number of hydrogen-bond acceptors (Lipinski definition) is 5. The number of likely N-dealkylation sites (tertiary alicyclic amines) is 1. The van der Waals surface area contributed by atoms with Gasteiger partial charge in [0.05, 0.1) is 6.17 Å². The number of hydrazine groups is 1. The molecule has 0 aliphatic carbocycles. The first-order valence-electron chi connectivity index (χ1n) is 9.40. The zero-order chi connectivity index (χ0) is 18.6. The van der Waals surface area contributed by atoms with E-state index in [9.17, 15) is 9.18 Å². The van der Waals surface area contributed by atoms with Gasteiger partial charge in [0.1, 0.15) is 5.82 Å². The molecule has 0 saturated carbocycles. The second-order valence-electron chi connectivity index (χ2n) is 7.16. The summed E-state index contributed by atoms with van der Waals surface area (Å²) >= 11 is 0. The number of rotatable bonds is 4. The van der Waals surface area contributed by atoms with Crippen LogP contribution in [0.2, 0.25) is 0 Å². The van der Waals surface area contributed by atoms with E-state index in [1.54, 1.807) is 24.5 Å². The third-order valence-corrected chi connectivity index (χ3v) is 5.40. The highest BCUT2D eigenvalue weighted by Crippen LogP contribution is 2.25. The number of carbonyl (C=O) groups excluding carboxylic acids is 1. The van der Waals surface area contributed by atoms with Crippen LogP contribution in [-0.2, 0) is 0 Å². The molecule has 3 N–H and O–H groups in total. The maximum atomic E-state index is 13.1. The fourth-order valence-corrected chi connectivity index (χ4v) is 3.82. The molecule has 1 aromatic heterocycles. The van der Waals surface area contributed by atoms with Gasteiger partial charge in [-0.05, 0) is 49.1 Å². The van der Waals surface area contributed by atoms with Gasteiger partial charge in [-0.15, -0.1) is 0 Å². The molecule has 0 spiro atoms. The molecule has 27 heavy (non-hydrogen) atoms. The lowest BCUT2D eigenvalue weighted by molar-refractivity contribution is 0.0880. The summed E-state index contributed by atoms with van der Waals surface area (Å²) in [6.45, 7) is 1.85. The Morgan fingerprint density at radius 3 is 2.48 bits per heavy atom. The van der Waals surface area contributed by atoms with Crippen molar-refractivity contribution in [2.75, 3.05) is 13.1 Å². The van der Waals surface area contributed by atoms with Gasteiger partial charge in [0.25, 0.3) is 5.91 Å². The Kier molecular flexibility index (Phi) is 5.42. The Bertz CT molecular complexity index is 762. The van der Waals surface area contributed by atoms with E-state index in [0.29, 0.717) is 5.56 Å². The van der Waals surface area contributed by atoms with Crippen molar-refractivity contribution >= 4 is 5.91 Å². The van der Waals surface area contributed by atoms with Crippen molar-refractivity contribution in [3.8, 4) is 0 Å². The van der Waals surface area contributed by atoms with Crippen molar-refractivity contribution in [2.24, 2.45) is 0 Å². The van der Waals surface area contributed by atoms with E-state index >= 15 is 0 Å².